The van der Waals surface area contributed by atoms with Crippen LogP contribution in [0.1, 0.15) is 20.3 Å². The molecule has 0 aromatic heterocycles. The molecule has 2 aliphatic rings. The van der Waals surface area contributed by atoms with Crippen molar-refractivity contribution in [2.24, 2.45) is 11.3 Å². The Bertz CT molecular complexity index is 482. The van der Waals surface area contributed by atoms with Gasteiger partial charge in [0.05, 0.1) is 14.2 Å². The highest BCUT2D eigenvalue weighted by molar-refractivity contribution is 6.88. The van der Waals surface area contributed by atoms with Gasteiger partial charge < -0.3 is 9.47 Å². The highest BCUT2D eigenvalue weighted by Gasteiger charge is 2.54. The number of hydrogen-bond acceptors (Lipinski definition) is 3. The Morgan fingerprint density at radius 2 is 1.95 bits per heavy atom. The van der Waals surface area contributed by atoms with Crippen molar-refractivity contribution in [1.29, 1.82) is 0 Å². The number of ketones is 1. The van der Waals surface area contributed by atoms with E-state index in [1.165, 1.54) is 5.57 Å². The fourth-order valence-electron chi connectivity index (χ4n) is 3.71. The van der Waals surface area contributed by atoms with Gasteiger partial charge in [-0.05, 0) is 17.0 Å². The van der Waals surface area contributed by atoms with Gasteiger partial charge in [-0.1, -0.05) is 45.6 Å². The molecule has 0 saturated heterocycles. The normalized spacial score (nSPS) is 29.3. The van der Waals surface area contributed by atoms with E-state index in [0.717, 1.165) is 17.2 Å². The minimum absolute atomic E-state index is 0.0113. The molecule has 0 radical (unpaired) electrons. The number of carbonyl (C=O) groups is 1. The molecular weight excluding hydrogens is 268 g/mol. The van der Waals surface area contributed by atoms with E-state index in [0.29, 0.717) is 0 Å². The van der Waals surface area contributed by atoms with Crippen LogP contribution in [0.15, 0.2) is 22.9 Å². The molecular formula is C16H26O3Si. The summed E-state index contributed by atoms with van der Waals surface area (Å²) in [5.41, 5.74) is 2.04. The topological polar surface area (TPSA) is 35.5 Å². The molecule has 0 aromatic carbocycles. The molecule has 1 saturated carbocycles. The maximum atomic E-state index is 12.6. The van der Waals surface area contributed by atoms with Gasteiger partial charge in [0.25, 0.3) is 0 Å². The fourth-order valence-corrected chi connectivity index (χ4v) is 5.75. The molecule has 0 spiro atoms. The van der Waals surface area contributed by atoms with Crippen molar-refractivity contribution >= 4 is 13.9 Å². The Labute approximate surface area is 123 Å². The highest BCUT2D eigenvalue weighted by Crippen LogP contribution is 2.55. The zero-order chi connectivity index (χ0) is 15.3. The number of allylic oxidation sites excluding steroid dienone is 1. The molecule has 0 amide bonds. The molecule has 4 heteroatoms. The van der Waals surface area contributed by atoms with Crippen LogP contribution in [-0.2, 0) is 14.3 Å². The summed E-state index contributed by atoms with van der Waals surface area (Å²) < 4.78 is 11.0. The third-order valence-electron chi connectivity index (χ3n) is 4.43. The lowest BCUT2D eigenvalue weighted by atomic mass is 9.85. The summed E-state index contributed by atoms with van der Waals surface area (Å²) in [7, 11) is -0.0300. The van der Waals surface area contributed by atoms with Crippen molar-refractivity contribution in [3.8, 4) is 0 Å². The van der Waals surface area contributed by atoms with E-state index < -0.39 is 8.07 Å². The average molecular weight is 294 g/mol. The van der Waals surface area contributed by atoms with Gasteiger partial charge in [-0.15, -0.1) is 0 Å². The Balaban J connectivity index is 2.47. The summed E-state index contributed by atoms with van der Waals surface area (Å²) in [5.74, 6) is 0.250. The number of methoxy groups -OCH3 is 1. The molecule has 2 rings (SSSR count). The first kappa shape index (κ1) is 15.7. The van der Waals surface area contributed by atoms with Crippen LogP contribution in [-0.4, -0.2) is 33.9 Å². The number of carbonyl (C=O) groups excluding carboxylic acids is 1. The number of ether oxygens (including phenoxy) is 2. The van der Waals surface area contributed by atoms with Crippen LogP contribution < -0.4 is 0 Å². The third-order valence-corrected chi connectivity index (χ3v) is 6.47. The molecule has 3 nitrogen and oxygen atoms in total. The minimum Gasteiger partial charge on any atom is -0.359 e. The van der Waals surface area contributed by atoms with E-state index >= 15 is 0 Å². The van der Waals surface area contributed by atoms with Gasteiger partial charge in [0.15, 0.2) is 5.78 Å². The van der Waals surface area contributed by atoms with Crippen LogP contribution in [0.4, 0.5) is 0 Å². The first-order valence-corrected chi connectivity index (χ1v) is 10.7. The Morgan fingerprint density at radius 3 is 2.45 bits per heavy atom. The van der Waals surface area contributed by atoms with Crippen LogP contribution >= 0.6 is 0 Å². The summed E-state index contributed by atoms with van der Waals surface area (Å²) in [6, 6.07) is 0. The van der Waals surface area contributed by atoms with Gasteiger partial charge in [-0.3, -0.25) is 4.79 Å². The molecule has 2 unspecified atom stereocenters. The predicted molar refractivity (Wildman–Crippen MR) is 83.2 cm³/mol. The Hall–Kier alpha value is -0.713. The van der Waals surface area contributed by atoms with Crippen LogP contribution in [0.25, 0.3) is 0 Å². The summed E-state index contributed by atoms with van der Waals surface area (Å²) in [4.78, 5) is 12.6. The lowest BCUT2D eigenvalue weighted by Crippen LogP contribution is -2.34. The quantitative estimate of drug-likeness (QED) is 0.453. The summed E-state index contributed by atoms with van der Waals surface area (Å²) in [6.07, 6.45) is 0.916. The van der Waals surface area contributed by atoms with E-state index in [4.69, 9.17) is 9.47 Å². The van der Waals surface area contributed by atoms with Gasteiger partial charge in [0.1, 0.15) is 6.79 Å². The molecule has 0 bridgehead atoms. The third kappa shape index (κ3) is 2.34. The molecule has 0 aromatic rings. The first-order chi connectivity index (χ1) is 9.11. The maximum Gasteiger partial charge on any atom is 0.181 e. The maximum absolute atomic E-state index is 12.6. The minimum atomic E-state index is -1.66. The summed E-state index contributed by atoms with van der Waals surface area (Å²) in [5, 5.41) is 1.09. The van der Waals surface area contributed by atoms with Crippen molar-refractivity contribution in [3.05, 3.63) is 22.9 Å². The van der Waals surface area contributed by atoms with Crippen LogP contribution in [0.2, 0.25) is 19.6 Å². The predicted octanol–water partition coefficient (Wildman–Crippen LogP) is 3.33. The van der Waals surface area contributed by atoms with Crippen LogP contribution in [0, 0.1) is 11.3 Å². The smallest absolute Gasteiger partial charge is 0.181 e. The zero-order valence-corrected chi connectivity index (χ0v) is 14.5. The van der Waals surface area contributed by atoms with Crippen molar-refractivity contribution in [3.63, 3.8) is 0 Å². The number of hydrogen-bond donors (Lipinski definition) is 0. The van der Waals surface area contributed by atoms with E-state index in [1.807, 2.05) is 0 Å². The standard InChI is InChI=1S/C16H26O3Si/c1-10-12-11(14(13(10)17)20(5,6)7)8-16(2,3)15(12)19-9-18-4/h12,15H,1,8-9H2,2-7H3. The monoisotopic (exact) mass is 294 g/mol. The van der Waals surface area contributed by atoms with E-state index in [2.05, 4.69) is 40.1 Å². The van der Waals surface area contributed by atoms with Gasteiger partial charge in [-0.25, -0.2) is 0 Å². The molecule has 2 aliphatic carbocycles. The van der Waals surface area contributed by atoms with E-state index in [-0.39, 0.29) is 30.0 Å². The summed E-state index contributed by atoms with van der Waals surface area (Å²) in [6.45, 7) is 15.5. The van der Waals surface area contributed by atoms with Gasteiger partial charge in [0.2, 0.25) is 0 Å². The van der Waals surface area contributed by atoms with E-state index in [9.17, 15) is 4.79 Å². The molecule has 0 N–H and O–H groups in total. The van der Waals surface area contributed by atoms with Crippen molar-refractivity contribution < 1.29 is 14.3 Å². The summed E-state index contributed by atoms with van der Waals surface area (Å²) >= 11 is 0. The molecule has 0 aliphatic heterocycles. The van der Waals surface area contributed by atoms with E-state index in [1.54, 1.807) is 7.11 Å². The molecule has 1 fully saturated rings. The average Bonchev–Trinajstić information content (AvgIpc) is 2.67. The number of fused-ring (bicyclic) bond motifs is 1. The molecule has 2 atom stereocenters. The highest BCUT2D eigenvalue weighted by atomic mass is 28.3. The molecule has 20 heavy (non-hydrogen) atoms. The molecule has 0 heterocycles. The Kier molecular flexibility index (Phi) is 3.86. The van der Waals surface area contributed by atoms with Gasteiger partial charge in [-0.2, -0.15) is 0 Å². The zero-order valence-electron chi connectivity index (χ0n) is 13.5. The largest absolute Gasteiger partial charge is 0.359 e. The van der Waals surface area contributed by atoms with Crippen LogP contribution in [0.5, 0.6) is 0 Å². The second-order valence-corrected chi connectivity index (χ2v) is 12.6. The number of Topliss-reactive ketones (excluding diaryl/α,β-unsaturated/α-hetero) is 1. The van der Waals surface area contributed by atoms with Crippen LogP contribution in [0.3, 0.4) is 0 Å². The SMILES string of the molecule is C=C1C(=O)C([Si](C)(C)C)=C2CC(C)(C)C(OCOC)C12. The Morgan fingerprint density at radius 1 is 1.35 bits per heavy atom. The molecule has 112 valence electrons. The number of rotatable bonds is 4. The second-order valence-electron chi connectivity index (χ2n) is 7.64. The fraction of sp³-hybridized carbons (Fsp3) is 0.688. The van der Waals surface area contributed by atoms with Crippen molar-refractivity contribution in [2.75, 3.05) is 13.9 Å². The van der Waals surface area contributed by atoms with Gasteiger partial charge in [0, 0.05) is 18.6 Å². The lowest BCUT2D eigenvalue weighted by Gasteiger charge is -2.30. The van der Waals surface area contributed by atoms with Gasteiger partial charge >= 0.3 is 0 Å². The second kappa shape index (κ2) is 4.93. The van der Waals surface area contributed by atoms with Crippen molar-refractivity contribution in [1.82, 2.24) is 0 Å². The first-order valence-electron chi connectivity index (χ1n) is 7.19. The lowest BCUT2D eigenvalue weighted by molar-refractivity contribution is -0.117. The van der Waals surface area contributed by atoms with Crippen molar-refractivity contribution in [2.45, 2.75) is 46.0 Å².